The monoisotopic (exact) mass is 394 g/mol. The van der Waals surface area contributed by atoms with Crippen LogP contribution in [-0.2, 0) is 29.0 Å². The predicted molar refractivity (Wildman–Crippen MR) is 99.0 cm³/mol. The Balaban J connectivity index is 1.63. The van der Waals surface area contributed by atoms with Gasteiger partial charge in [-0.3, -0.25) is 14.4 Å². The molecule has 0 radical (unpaired) electrons. The van der Waals surface area contributed by atoms with Gasteiger partial charge >= 0.3 is 5.97 Å². The standard InChI is InChI=1S/C18H22N2O6S/c1-12-8-16(21)19-14-4-2-3-5-15(14)20(12)17(22)10-26-18(23)9-13-6-7-27(24,25)11-13/h2-5,12-13H,6-11H2,1H3,(H,19,21)/t12-,13-/m1/s1. The molecule has 2 heterocycles. The van der Waals surface area contributed by atoms with Crippen molar-refractivity contribution in [3.8, 4) is 0 Å². The van der Waals surface area contributed by atoms with Crippen molar-refractivity contribution >= 4 is 39.0 Å². The molecule has 0 saturated carbocycles. The summed E-state index contributed by atoms with van der Waals surface area (Å²) in [6.07, 6.45) is 0.558. The van der Waals surface area contributed by atoms with Gasteiger partial charge in [-0.05, 0) is 31.4 Å². The number of nitrogens with one attached hydrogen (secondary N) is 1. The molecule has 0 aliphatic carbocycles. The summed E-state index contributed by atoms with van der Waals surface area (Å²) in [5, 5.41) is 2.76. The second-order valence-electron chi connectivity index (χ2n) is 7.02. The SMILES string of the molecule is C[C@@H]1CC(=O)Nc2ccccc2N1C(=O)COC(=O)C[C@H]1CCS(=O)(=O)C1. The summed E-state index contributed by atoms with van der Waals surface area (Å²) < 4.78 is 28.0. The fraction of sp³-hybridized carbons (Fsp3) is 0.500. The number of fused-ring (bicyclic) bond motifs is 1. The van der Waals surface area contributed by atoms with Crippen LogP contribution in [0.2, 0.25) is 0 Å². The first kappa shape index (κ1) is 19.3. The molecule has 27 heavy (non-hydrogen) atoms. The van der Waals surface area contributed by atoms with Crippen molar-refractivity contribution in [2.24, 2.45) is 5.92 Å². The van der Waals surface area contributed by atoms with E-state index in [4.69, 9.17) is 4.74 Å². The molecule has 3 rings (SSSR count). The first-order valence-corrected chi connectivity index (χ1v) is 10.6. The molecule has 1 aromatic carbocycles. The molecule has 1 aromatic rings. The van der Waals surface area contributed by atoms with Crippen LogP contribution in [0.3, 0.4) is 0 Å². The number of rotatable bonds is 4. The molecule has 8 nitrogen and oxygen atoms in total. The normalized spacial score (nSPS) is 23.9. The molecule has 2 atom stereocenters. The summed E-state index contributed by atoms with van der Waals surface area (Å²) in [4.78, 5) is 38.1. The number of benzene rings is 1. The van der Waals surface area contributed by atoms with E-state index >= 15 is 0 Å². The van der Waals surface area contributed by atoms with Gasteiger partial charge in [-0.1, -0.05) is 12.1 Å². The summed E-state index contributed by atoms with van der Waals surface area (Å²) >= 11 is 0. The Morgan fingerprint density at radius 1 is 1.30 bits per heavy atom. The number of anilines is 2. The highest BCUT2D eigenvalue weighted by Gasteiger charge is 2.32. The Bertz CT molecular complexity index is 866. The molecular weight excluding hydrogens is 372 g/mol. The highest BCUT2D eigenvalue weighted by molar-refractivity contribution is 7.91. The molecule has 2 aliphatic heterocycles. The second kappa shape index (κ2) is 7.67. The van der Waals surface area contributed by atoms with Gasteiger partial charge in [-0.25, -0.2) is 8.42 Å². The summed E-state index contributed by atoms with van der Waals surface area (Å²) in [5.41, 5.74) is 1.08. The number of amides is 2. The first-order valence-electron chi connectivity index (χ1n) is 8.82. The Morgan fingerprint density at radius 3 is 2.74 bits per heavy atom. The van der Waals surface area contributed by atoms with Crippen molar-refractivity contribution in [2.75, 3.05) is 28.3 Å². The number of sulfone groups is 1. The number of para-hydroxylation sites is 2. The summed E-state index contributed by atoms with van der Waals surface area (Å²) in [6, 6.07) is 6.56. The molecule has 9 heteroatoms. The van der Waals surface area contributed by atoms with Crippen LogP contribution in [0.25, 0.3) is 0 Å². The molecule has 0 unspecified atom stereocenters. The number of carbonyl (C=O) groups excluding carboxylic acids is 3. The molecule has 0 bridgehead atoms. The van der Waals surface area contributed by atoms with Crippen LogP contribution < -0.4 is 10.2 Å². The van der Waals surface area contributed by atoms with E-state index in [9.17, 15) is 22.8 Å². The van der Waals surface area contributed by atoms with Crippen molar-refractivity contribution in [3.05, 3.63) is 24.3 Å². The molecular formula is C18H22N2O6S. The maximum absolute atomic E-state index is 12.7. The molecule has 0 aromatic heterocycles. The minimum absolute atomic E-state index is 0.0135. The zero-order valence-corrected chi connectivity index (χ0v) is 15.8. The number of carbonyl (C=O) groups is 3. The number of hydrogen-bond donors (Lipinski definition) is 1. The molecule has 1 fully saturated rings. The van der Waals surface area contributed by atoms with E-state index in [1.54, 1.807) is 31.2 Å². The van der Waals surface area contributed by atoms with Crippen LogP contribution in [-0.4, -0.2) is 50.4 Å². The first-order chi connectivity index (χ1) is 12.7. The second-order valence-corrected chi connectivity index (χ2v) is 9.24. The van der Waals surface area contributed by atoms with E-state index < -0.39 is 28.3 Å². The van der Waals surface area contributed by atoms with Crippen LogP contribution in [0, 0.1) is 5.92 Å². The van der Waals surface area contributed by atoms with Gasteiger partial charge in [-0.15, -0.1) is 0 Å². The lowest BCUT2D eigenvalue weighted by Gasteiger charge is -2.27. The maximum Gasteiger partial charge on any atom is 0.306 e. The largest absolute Gasteiger partial charge is 0.456 e. The van der Waals surface area contributed by atoms with E-state index in [1.807, 2.05) is 0 Å². The summed E-state index contributed by atoms with van der Waals surface area (Å²) in [6.45, 7) is 1.30. The minimum atomic E-state index is -3.06. The van der Waals surface area contributed by atoms with Crippen molar-refractivity contribution in [3.63, 3.8) is 0 Å². The van der Waals surface area contributed by atoms with Crippen LogP contribution in [0.1, 0.15) is 26.2 Å². The van der Waals surface area contributed by atoms with Gasteiger partial charge in [0, 0.05) is 18.9 Å². The molecule has 2 aliphatic rings. The van der Waals surface area contributed by atoms with E-state index in [1.165, 1.54) is 4.90 Å². The molecule has 2 amide bonds. The van der Waals surface area contributed by atoms with Gasteiger partial charge in [0.25, 0.3) is 5.91 Å². The van der Waals surface area contributed by atoms with Gasteiger partial charge in [0.2, 0.25) is 5.91 Å². The number of esters is 1. The molecule has 1 saturated heterocycles. The third-order valence-electron chi connectivity index (χ3n) is 4.77. The van der Waals surface area contributed by atoms with Gasteiger partial charge in [0.15, 0.2) is 16.4 Å². The van der Waals surface area contributed by atoms with E-state index in [2.05, 4.69) is 5.32 Å². The maximum atomic E-state index is 12.7. The third-order valence-corrected chi connectivity index (χ3v) is 6.60. The number of nitrogens with zero attached hydrogens (tertiary/aromatic N) is 1. The molecule has 146 valence electrons. The average molecular weight is 394 g/mol. The lowest BCUT2D eigenvalue weighted by atomic mass is 10.1. The van der Waals surface area contributed by atoms with Crippen LogP contribution in [0.5, 0.6) is 0 Å². The minimum Gasteiger partial charge on any atom is -0.456 e. The summed E-state index contributed by atoms with van der Waals surface area (Å²) in [7, 11) is -3.06. The van der Waals surface area contributed by atoms with Crippen molar-refractivity contribution in [1.82, 2.24) is 0 Å². The Kier molecular flexibility index (Phi) is 5.50. The Hall–Kier alpha value is -2.42. The fourth-order valence-corrected chi connectivity index (χ4v) is 5.37. The van der Waals surface area contributed by atoms with Gasteiger partial charge in [-0.2, -0.15) is 0 Å². The highest BCUT2D eigenvalue weighted by atomic mass is 32.2. The number of hydrogen-bond acceptors (Lipinski definition) is 6. The van der Waals surface area contributed by atoms with Crippen molar-refractivity contribution < 1.29 is 27.5 Å². The van der Waals surface area contributed by atoms with E-state index in [-0.39, 0.29) is 42.2 Å². The fourth-order valence-electron chi connectivity index (χ4n) is 3.51. The van der Waals surface area contributed by atoms with Crippen LogP contribution >= 0.6 is 0 Å². The van der Waals surface area contributed by atoms with Gasteiger partial charge in [0.1, 0.15) is 0 Å². The van der Waals surface area contributed by atoms with Crippen molar-refractivity contribution in [2.45, 2.75) is 32.2 Å². The van der Waals surface area contributed by atoms with Crippen molar-refractivity contribution in [1.29, 1.82) is 0 Å². The van der Waals surface area contributed by atoms with Gasteiger partial charge < -0.3 is 15.0 Å². The Morgan fingerprint density at radius 2 is 2.04 bits per heavy atom. The van der Waals surface area contributed by atoms with Crippen LogP contribution in [0.15, 0.2) is 24.3 Å². The zero-order chi connectivity index (χ0) is 19.6. The quantitative estimate of drug-likeness (QED) is 0.767. The lowest BCUT2D eigenvalue weighted by molar-refractivity contribution is -0.148. The van der Waals surface area contributed by atoms with E-state index in [0.717, 1.165) is 0 Å². The topological polar surface area (TPSA) is 110 Å². The Labute approximate surface area is 157 Å². The summed E-state index contributed by atoms with van der Waals surface area (Å²) in [5.74, 6) is -1.39. The average Bonchev–Trinajstić information content (AvgIpc) is 2.86. The molecule has 0 spiro atoms. The molecule has 1 N–H and O–H groups in total. The smallest absolute Gasteiger partial charge is 0.306 e. The third kappa shape index (κ3) is 4.65. The van der Waals surface area contributed by atoms with E-state index in [0.29, 0.717) is 17.8 Å². The lowest BCUT2D eigenvalue weighted by Crippen LogP contribution is -2.41. The predicted octanol–water partition coefficient (Wildman–Crippen LogP) is 1.12. The zero-order valence-electron chi connectivity index (χ0n) is 15.0. The number of ether oxygens (including phenoxy) is 1. The van der Waals surface area contributed by atoms with Gasteiger partial charge in [0.05, 0.1) is 22.9 Å². The highest BCUT2D eigenvalue weighted by Crippen LogP contribution is 2.31. The van der Waals surface area contributed by atoms with Crippen LogP contribution in [0.4, 0.5) is 11.4 Å².